The molecule has 1 nitrogen and oxygen atoms in total. The smallest absolute Gasteiger partial charge is 0.159 e. The largest absolute Gasteiger partial charge is 0.295 e. The molecule has 0 aromatic heterocycles. The molecule has 0 unspecified atom stereocenters. The summed E-state index contributed by atoms with van der Waals surface area (Å²) in [5.41, 5.74) is 0. The number of carbonyl (C=O) groups is 1. The Bertz CT molecular complexity index is 92.1. The summed E-state index contributed by atoms with van der Waals surface area (Å²) in [5.74, 6) is 0.148. The van der Waals surface area contributed by atoms with E-state index in [1.165, 1.54) is 0 Å². The average molecular weight is 81.1 g/mol. The molecule has 6 heavy (non-hydrogen) atoms. The average Bonchev–Trinajstić information content (AvgIpc) is 1.86. The zero-order valence-electron chi connectivity index (χ0n) is 3.35. The van der Waals surface area contributed by atoms with Gasteiger partial charge in [0.1, 0.15) is 0 Å². The van der Waals surface area contributed by atoms with Gasteiger partial charge in [-0.05, 0) is 12.5 Å². The fraction of sp³-hybridized carbons (Fsp3) is 0.200. The topological polar surface area (TPSA) is 17.1 Å². The molecule has 1 heteroatoms. The summed E-state index contributed by atoms with van der Waals surface area (Å²) in [4.78, 5) is 10.1. The van der Waals surface area contributed by atoms with Crippen LogP contribution in [0.15, 0.2) is 12.2 Å². The molecule has 0 N–H and O–H groups in total. The molecular formula is C5H5O. The normalized spacial score (nSPS) is 19.7. The van der Waals surface area contributed by atoms with E-state index in [2.05, 4.69) is 0 Å². The van der Waals surface area contributed by atoms with Crippen LogP contribution in [0.25, 0.3) is 0 Å². The molecule has 0 saturated carbocycles. The lowest BCUT2D eigenvalue weighted by atomic mass is 10.3. The predicted molar refractivity (Wildman–Crippen MR) is 23.1 cm³/mol. The molecule has 0 amide bonds. The van der Waals surface area contributed by atoms with E-state index in [4.69, 9.17) is 0 Å². The van der Waals surface area contributed by atoms with E-state index in [1.54, 1.807) is 12.5 Å². The lowest BCUT2D eigenvalue weighted by Gasteiger charge is -1.70. The molecule has 0 spiro atoms. The highest BCUT2D eigenvalue weighted by Gasteiger charge is 1.99. The minimum atomic E-state index is 0.148. The quantitative estimate of drug-likeness (QED) is 0.420. The van der Waals surface area contributed by atoms with Gasteiger partial charge in [0, 0.05) is 6.42 Å². The highest BCUT2D eigenvalue weighted by molar-refractivity contribution is 5.99. The zero-order chi connectivity index (χ0) is 4.41. The second-order valence-electron chi connectivity index (χ2n) is 1.24. The number of allylic oxidation sites excluding steroid dienone is 2. The minimum absolute atomic E-state index is 0.148. The minimum Gasteiger partial charge on any atom is -0.295 e. The van der Waals surface area contributed by atoms with E-state index in [-0.39, 0.29) is 5.78 Å². The van der Waals surface area contributed by atoms with Crippen molar-refractivity contribution < 1.29 is 4.79 Å². The van der Waals surface area contributed by atoms with Crippen LogP contribution in [0.5, 0.6) is 0 Å². The number of rotatable bonds is 0. The summed E-state index contributed by atoms with van der Waals surface area (Å²) in [5, 5.41) is 0. The molecule has 0 fully saturated rings. The van der Waals surface area contributed by atoms with Crippen LogP contribution in [-0.4, -0.2) is 5.78 Å². The van der Waals surface area contributed by atoms with E-state index in [9.17, 15) is 4.79 Å². The van der Waals surface area contributed by atoms with Gasteiger partial charge in [-0.3, -0.25) is 4.79 Å². The summed E-state index contributed by atoms with van der Waals surface area (Å²) in [6, 6.07) is 0. The van der Waals surface area contributed by atoms with E-state index in [1.807, 2.05) is 6.08 Å². The third-order valence-corrected chi connectivity index (χ3v) is 0.737. The lowest BCUT2D eigenvalue weighted by Crippen LogP contribution is -1.81. The van der Waals surface area contributed by atoms with Gasteiger partial charge in [0.25, 0.3) is 0 Å². The predicted octanol–water partition coefficient (Wildman–Crippen LogP) is 0.720. The van der Waals surface area contributed by atoms with Crippen molar-refractivity contribution in [3.05, 3.63) is 18.6 Å². The molecule has 31 valence electrons. The van der Waals surface area contributed by atoms with Crippen LogP contribution in [-0.2, 0) is 4.79 Å². The molecular weight excluding hydrogens is 76.1 g/mol. The summed E-state index contributed by atoms with van der Waals surface area (Å²) >= 11 is 0. The van der Waals surface area contributed by atoms with Crippen molar-refractivity contribution in [3.63, 3.8) is 0 Å². The summed E-state index contributed by atoms with van der Waals surface area (Å²) in [6.07, 6.45) is 5.92. The maximum Gasteiger partial charge on any atom is 0.159 e. The van der Waals surface area contributed by atoms with Crippen LogP contribution in [0.3, 0.4) is 0 Å². The van der Waals surface area contributed by atoms with Crippen molar-refractivity contribution in [1.29, 1.82) is 0 Å². The highest BCUT2D eigenvalue weighted by Crippen LogP contribution is 1.99. The van der Waals surface area contributed by atoms with Gasteiger partial charge in [-0.15, -0.1) is 0 Å². The molecule has 1 rings (SSSR count). The van der Waals surface area contributed by atoms with Crippen LogP contribution in [0.2, 0.25) is 0 Å². The van der Waals surface area contributed by atoms with Gasteiger partial charge >= 0.3 is 0 Å². The second kappa shape index (κ2) is 1.25. The van der Waals surface area contributed by atoms with Gasteiger partial charge in [-0.1, -0.05) is 6.08 Å². The maximum atomic E-state index is 10.1. The van der Waals surface area contributed by atoms with E-state index >= 15 is 0 Å². The first-order valence-corrected chi connectivity index (χ1v) is 1.93. The Balaban J connectivity index is 2.59. The van der Waals surface area contributed by atoms with Gasteiger partial charge < -0.3 is 0 Å². The Hall–Kier alpha value is -0.590. The molecule has 1 aliphatic carbocycles. The fourth-order valence-electron chi connectivity index (χ4n) is 0.436. The molecule has 0 atom stereocenters. The van der Waals surface area contributed by atoms with Gasteiger partial charge in [0.05, 0.1) is 0 Å². The van der Waals surface area contributed by atoms with Crippen LogP contribution < -0.4 is 0 Å². The Morgan fingerprint density at radius 3 is 2.67 bits per heavy atom. The SMILES string of the molecule is O=C1[CH]CC=C1. The summed E-state index contributed by atoms with van der Waals surface area (Å²) in [7, 11) is 0. The van der Waals surface area contributed by atoms with Crippen LogP contribution >= 0.6 is 0 Å². The number of hydrogen-bond donors (Lipinski definition) is 0. The van der Waals surface area contributed by atoms with Gasteiger partial charge in [0.15, 0.2) is 5.78 Å². The lowest BCUT2D eigenvalue weighted by molar-refractivity contribution is -0.111. The fourth-order valence-corrected chi connectivity index (χ4v) is 0.436. The van der Waals surface area contributed by atoms with Crippen molar-refractivity contribution in [2.75, 3.05) is 0 Å². The Morgan fingerprint density at radius 2 is 2.50 bits per heavy atom. The van der Waals surface area contributed by atoms with E-state index < -0.39 is 0 Å². The molecule has 0 bridgehead atoms. The molecule has 1 radical (unpaired) electrons. The van der Waals surface area contributed by atoms with Crippen molar-refractivity contribution in [2.24, 2.45) is 0 Å². The molecule has 0 aliphatic heterocycles. The van der Waals surface area contributed by atoms with Crippen molar-refractivity contribution in [2.45, 2.75) is 6.42 Å². The first kappa shape index (κ1) is 3.59. The number of ketones is 1. The Kier molecular flexibility index (Phi) is 0.748. The monoisotopic (exact) mass is 81.0 g/mol. The molecule has 0 aromatic carbocycles. The third-order valence-electron chi connectivity index (χ3n) is 0.737. The van der Waals surface area contributed by atoms with Gasteiger partial charge in [0.2, 0.25) is 0 Å². The van der Waals surface area contributed by atoms with Crippen LogP contribution in [0.4, 0.5) is 0 Å². The zero-order valence-corrected chi connectivity index (χ0v) is 3.35. The molecule has 0 heterocycles. The first-order chi connectivity index (χ1) is 2.89. The summed E-state index contributed by atoms with van der Waals surface area (Å²) < 4.78 is 0. The molecule has 0 aromatic rings. The third kappa shape index (κ3) is 0.482. The standard InChI is InChI=1S/C5H5O/c6-5-3-1-2-4-5/h1,3-4H,2H2. The van der Waals surface area contributed by atoms with Crippen LogP contribution in [0, 0.1) is 6.42 Å². The van der Waals surface area contributed by atoms with Crippen molar-refractivity contribution >= 4 is 5.78 Å². The van der Waals surface area contributed by atoms with E-state index in [0.29, 0.717) is 0 Å². The van der Waals surface area contributed by atoms with Crippen molar-refractivity contribution in [3.8, 4) is 0 Å². The van der Waals surface area contributed by atoms with Crippen molar-refractivity contribution in [1.82, 2.24) is 0 Å². The number of carbonyl (C=O) groups excluding carboxylic acids is 1. The Labute approximate surface area is 36.7 Å². The number of hydrogen-bond acceptors (Lipinski definition) is 1. The summed E-state index contributed by atoms with van der Waals surface area (Å²) in [6.45, 7) is 0. The maximum absolute atomic E-state index is 10.1. The van der Waals surface area contributed by atoms with Gasteiger partial charge in [-0.2, -0.15) is 0 Å². The molecule has 1 aliphatic rings. The molecule has 0 saturated heterocycles. The Morgan fingerprint density at radius 1 is 1.67 bits per heavy atom. The van der Waals surface area contributed by atoms with E-state index in [0.717, 1.165) is 6.42 Å². The highest BCUT2D eigenvalue weighted by atomic mass is 16.1. The second-order valence-corrected chi connectivity index (χ2v) is 1.24. The van der Waals surface area contributed by atoms with Gasteiger partial charge in [-0.25, -0.2) is 0 Å². The van der Waals surface area contributed by atoms with Crippen LogP contribution in [0.1, 0.15) is 6.42 Å². The first-order valence-electron chi connectivity index (χ1n) is 1.93.